The van der Waals surface area contributed by atoms with Gasteiger partial charge in [-0.3, -0.25) is 19.6 Å². The van der Waals surface area contributed by atoms with Crippen molar-refractivity contribution >= 4 is 33.2 Å². The van der Waals surface area contributed by atoms with Gasteiger partial charge in [-0.05, 0) is 41.1 Å². The van der Waals surface area contributed by atoms with Crippen molar-refractivity contribution in [2.75, 3.05) is 5.32 Å². The second-order valence-electron chi connectivity index (χ2n) is 6.89. The summed E-state index contributed by atoms with van der Waals surface area (Å²) in [4.78, 5) is 22.9. The molecule has 1 heterocycles. The number of rotatable bonds is 7. The lowest BCUT2D eigenvalue weighted by atomic mass is 10.2. The van der Waals surface area contributed by atoms with E-state index in [1.807, 2.05) is 0 Å². The topological polar surface area (TPSA) is 99.3 Å². The monoisotopic (exact) mass is 548 g/mol. The van der Waals surface area contributed by atoms with Crippen molar-refractivity contribution in [1.82, 2.24) is 9.78 Å². The summed E-state index contributed by atoms with van der Waals surface area (Å²) in [5.41, 5.74) is -1.86. The second-order valence-corrected chi connectivity index (χ2v) is 7.68. The number of non-ortho nitro benzene ring substituents is 1. The van der Waals surface area contributed by atoms with E-state index in [0.717, 1.165) is 35.0 Å². The van der Waals surface area contributed by atoms with Gasteiger partial charge in [0, 0.05) is 12.1 Å². The first-order valence-electron chi connectivity index (χ1n) is 9.30. The Morgan fingerprint density at radius 1 is 1.24 bits per heavy atom. The second kappa shape index (κ2) is 9.75. The summed E-state index contributed by atoms with van der Waals surface area (Å²) in [6, 6.07) is 7.04. The maximum Gasteiger partial charge on any atom is 0.416 e. The highest BCUT2D eigenvalue weighted by Crippen LogP contribution is 2.34. The van der Waals surface area contributed by atoms with Gasteiger partial charge in [0.1, 0.15) is 23.7 Å². The largest absolute Gasteiger partial charge is 0.457 e. The van der Waals surface area contributed by atoms with E-state index >= 15 is 0 Å². The number of hydrogen-bond donors (Lipinski definition) is 1. The van der Waals surface area contributed by atoms with Crippen molar-refractivity contribution in [2.24, 2.45) is 0 Å². The van der Waals surface area contributed by atoms with E-state index in [4.69, 9.17) is 4.74 Å². The van der Waals surface area contributed by atoms with E-state index in [0.29, 0.717) is 0 Å². The average Bonchev–Trinajstić information content (AvgIpc) is 3.01. The number of alkyl halides is 5. The van der Waals surface area contributed by atoms with Crippen LogP contribution in [0, 0.1) is 17.0 Å². The zero-order valence-electron chi connectivity index (χ0n) is 17.1. The lowest BCUT2D eigenvalue weighted by molar-refractivity contribution is -0.384. The number of nitrogens with zero attached hydrogens (tertiary/aromatic N) is 3. The van der Waals surface area contributed by atoms with Gasteiger partial charge in [0.2, 0.25) is 5.91 Å². The summed E-state index contributed by atoms with van der Waals surface area (Å²) < 4.78 is 71.2. The lowest BCUT2D eigenvalue weighted by Crippen LogP contribution is -2.20. The van der Waals surface area contributed by atoms with Crippen molar-refractivity contribution < 1.29 is 36.4 Å². The molecule has 14 heteroatoms. The molecule has 0 unspecified atom stereocenters. The Morgan fingerprint density at radius 3 is 2.53 bits per heavy atom. The predicted molar refractivity (Wildman–Crippen MR) is 113 cm³/mol. The molecular formula is C20H14BrF5N4O4. The average molecular weight is 549 g/mol. The SMILES string of the molecule is Cc1c(Br)c(C(F)F)nn1CC(=O)Nc1cc(Oc2cccc(C(F)(F)F)c2)cc([N+](=O)[O-])c1. The normalized spacial score (nSPS) is 11.5. The van der Waals surface area contributed by atoms with Gasteiger partial charge in [-0.1, -0.05) is 6.07 Å². The zero-order valence-corrected chi connectivity index (χ0v) is 18.7. The molecule has 34 heavy (non-hydrogen) atoms. The van der Waals surface area contributed by atoms with E-state index in [1.165, 1.54) is 19.1 Å². The molecule has 0 radical (unpaired) electrons. The summed E-state index contributed by atoms with van der Waals surface area (Å²) in [5.74, 6) is -1.18. The minimum Gasteiger partial charge on any atom is -0.457 e. The number of hydrogen-bond acceptors (Lipinski definition) is 5. The first kappa shape index (κ1) is 25.1. The quantitative estimate of drug-likeness (QED) is 0.214. The summed E-state index contributed by atoms with van der Waals surface area (Å²) in [6.45, 7) is 0.980. The number of benzene rings is 2. The minimum absolute atomic E-state index is 0.0439. The number of nitrogens with one attached hydrogen (secondary N) is 1. The Hall–Kier alpha value is -3.55. The molecule has 0 aliphatic carbocycles. The Labute approximate surface area is 196 Å². The third-order valence-electron chi connectivity index (χ3n) is 4.44. The van der Waals surface area contributed by atoms with Gasteiger partial charge >= 0.3 is 6.18 Å². The molecule has 0 aliphatic rings. The third-order valence-corrected chi connectivity index (χ3v) is 5.42. The standard InChI is InChI=1S/C20H14BrF5N4O4/c1-10-17(21)18(19(22)23)28-29(10)9-16(31)27-12-6-13(30(32)33)8-15(7-12)34-14-4-2-3-11(5-14)20(24,25)26/h2-8,19H,9H2,1H3,(H,27,31). The molecule has 3 aromatic rings. The molecule has 0 saturated carbocycles. The van der Waals surface area contributed by atoms with Crippen LogP contribution in [0.15, 0.2) is 46.9 Å². The minimum atomic E-state index is -4.62. The van der Waals surface area contributed by atoms with Crippen LogP contribution in [0.25, 0.3) is 0 Å². The molecule has 8 nitrogen and oxygen atoms in total. The number of ether oxygens (including phenoxy) is 1. The fourth-order valence-electron chi connectivity index (χ4n) is 2.87. The molecule has 1 aromatic heterocycles. The van der Waals surface area contributed by atoms with Crippen LogP contribution in [-0.2, 0) is 17.5 Å². The molecule has 0 fully saturated rings. The zero-order chi connectivity index (χ0) is 25.2. The van der Waals surface area contributed by atoms with Crippen LogP contribution in [-0.4, -0.2) is 20.6 Å². The molecule has 0 aliphatic heterocycles. The third kappa shape index (κ3) is 5.87. The van der Waals surface area contributed by atoms with Crippen LogP contribution in [0.3, 0.4) is 0 Å². The number of nitro benzene ring substituents is 1. The van der Waals surface area contributed by atoms with Crippen LogP contribution in [0.5, 0.6) is 11.5 Å². The number of carbonyl (C=O) groups is 1. The molecule has 180 valence electrons. The van der Waals surface area contributed by atoms with E-state index in [2.05, 4.69) is 26.3 Å². The molecule has 0 atom stereocenters. The summed E-state index contributed by atoms with van der Waals surface area (Å²) in [6.07, 6.45) is -7.49. The van der Waals surface area contributed by atoms with Crippen molar-refractivity contribution in [3.63, 3.8) is 0 Å². The Kier molecular flexibility index (Phi) is 7.19. The van der Waals surface area contributed by atoms with Gasteiger partial charge in [0.05, 0.1) is 32.4 Å². The number of carbonyl (C=O) groups excluding carboxylic acids is 1. The van der Waals surface area contributed by atoms with Crippen LogP contribution in [0.4, 0.5) is 33.3 Å². The van der Waals surface area contributed by atoms with E-state index in [-0.39, 0.29) is 27.4 Å². The summed E-state index contributed by atoms with van der Waals surface area (Å²) in [7, 11) is 0. The molecule has 2 aromatic carbocycles. The van der Waals surface area contributed by atoms with Gasteiger partial charge < -0.3 is 10.1 Å². The van der Waals surface area contributed by atoms with Gasteiger partial charge in [0.25, 0.3) is 12.1 Å². The van der Waals surface area contributed by atoms with Crippen molar-refractivity contribution in [3.05, 3.63) is 74.0 Å². The number of nitro groups is 1. The summed E-state index contributed by atoms with van der Waals surface area (Å²) >= 11 is 2.99. The highest BCUT2D eigenvalue weighted by molar-refractivity contribution is 9.10. The highest BCUT2D eigenvalue weighted by Gasteiger charge is 2.30. The first-order valence-corrected chi connectivity index (χ1v) is 10.1. The number of halogens is 6. The van der Waals surface area contributed by atoms with Crippen molar-refractivity contribution in [3.8, 4) is 11.5 Å². The molecule has 3 rings (SSSR count). The molecule has 0 saturated heterocycles. The van der Waals surface area contributed by atoms with Crippen LogP contribution in [0.2, 0.25) is 0 Å². The number of aromatic nitrogens is 2. The Balaban J connectivity index is 1.83. The molecule has 0 spiro atoms. The van der Waals surface area contributed by atoms with Crippen LogP contribution in [0.1, 0.15) is 23.4 Å². The number of amides is 1. The maximum atomic E-state index is 13.0. The van der Waals surface area contributed by atoms with E-state index in [1.54, 1.807) is 0 Å². The predicted octanol–water partition coefficient (Wildman–Crippen LogP) is 6.25. The lowest BCUT2D eigenvalue weighted by Gasteiger charge is -2.12. The fourth-order valence-corrected chi connectivity index (χ4v) is 3.33. The Morgan fingerprint density at radius 2 is 1.94 bits per heavy atom. The van der Waals surface area contributed by atoms with Gasteiger partial charge in [-0.25, -0.2) is 8.78 Å². The van der Waals surface area contributed by atoms with E-state index in [9.17, 15) is 36.9 Å². The van der Waals surface area contributed by atoms with Gasteiger partial charge in [-0.2, -0.15) is 18.3 Å². The Bertz CT molecular complexity index is 1250. The summed E-state index contributed by atoms with van der Waals surface area (Å²) in [5, 5.41) is 17.3. The van der Waals surface area contributed by atoms with Crippen LogP contribution >= 0.6 is 15.9 Å². The smallest absolute Gasteiger partial charge is 0.416 e. The molecule has 0 bridgehead atoms. The molecular weight excluding hydrogens is 535 g/mol. The van der Waals surface area contributed by atoms with E-state index < -0.39 is 46.9 Å². The fraction of sp³-hybridized carbons (Fsp3) is 0.200. The van der Waals surface area contributed by atoms with Gasteiger partial charge in [-0.15, -0.1) is 0 Å². The maximum absolute atomic E-state index is 13.0. The number of anilines is 1. The van der Waals surface area contributed by atoms with Gasteiger partial charge in [0.15, 0.2) is 0 Å². The van der Waals surface area contributed by atoms with Crippen molar-refractivity contribution in [2.45, 2.75) is 26.1 Å². The highest BCUT2D eigenvalue weighted by atomic mass is 79.9. The van der Waals surface area contributed by atoms with Crippen molar-refractivity contribution in [1.29, 1.82) is 0 Å². The first-order chi connectivity index (χ1) is 15.8. The molecule has 1 N–H and O–H groups in total. The molecule has 1 amide bonds. The van der Waals surface area contributed by atoms with Crippen LogP contribution < -0.4 is 10.1 Å².